The molecule has 0 amide bonds. The molecule has 37 atom stereocenters. The number of carbonyl (C=O) groups is 2. The highest BCUT2D eigenvalue weighted by Crippen LogP contribution is 2.76. The summed E-state index contributed by atoms with van der Waals surface area (Å²) in [4.78, 5) is 26.7. The molecule has 5 saturated heterocycles. The molecule has 99 heavy (non-hydrogen) atoms. The molecule has 19 N–H and O–H groups in total. The first kappa shape index (κ1) is 78.8. The fourth-order valence-corrected chi connectivity index (χ4v) is 18.9. The zero-order valence-electron chi connectivity index (χ0n) is 57.0. The van der Waals surface area contributed by atoms with E-state index in [1.165, 1.54) is 6.92 Å². The first-order chi connectivity index (χ1) is 46.5. The van der Waals surface area contributed by atoms with Gasteiger partial charge in [-0.1, -0.05) is 59.3 Å². The van der Waals surface area contributed by atoms with Crippen molar-refractivity contribution in [3.05, 3.63) is 23.3 Å². The van der Waals surface area contributed by atoms with Crippen molar-refractivity contribution in [1.29, 1.82) is 0 Å². The van der Waals surface area contributed by atoms with E-state index in [2.05, 4.69) is 19.9 Å². The summed E-state index contributed by atoms with van der Waals surface area (Å²) in [6.45, 7) is 10.5. The zero-order chi connectivity index (χ0) is 72.9. The zero-order valence-corrected chi connectivity index (χ0v) is 57.0. The van der Waals surface area contributed by atoms with E-state index in [0.717, 1.165) is 5.57 Å². The van der Waals surface area contributed by atoms with Crippen molar-refractivity contribution in [1.82, 2.24) is 0 Å². The first-order valence-electron chi connectivity index (χ1n) is 34.2. The van der Waals surface area contributed by atoms with Gasteiger partial charge in [-0.2, -0.15) is 0 Å². The second-order valence-corrected chi connectivity index (χ2v) is 30.7. The molecule has 5 aliphatic heterocycles. The quantitative estimate of drug-likeness (QED) is 0.0248. The molecule has 0 unspecified atom stereocenters. The Labute approximate surface area is 572 Å². The van der Waals surface area contributed by atoms with Crippen LogP contribution in [0.15, 0.2) is 23.3 Å². The molecule has 0 aromatic heterocycles. The van der Waals surface area contributed by atoms with E-state index < -0.39 is 280 Å². The molecular weight excluding hydrogens is 1320 g/mol. The minimum atomic E-state index is -2.18. The minimum Gasteiger partial charge on any atom is -0.458 e. The number of hydrogen-bond acceptors (Lipinski definition) is 33. The molecule has 4 saturated carbocycles. The summed E-state index contributed by atoms with van der Waals surface area (Å²) in [7, 11) is 0. The Bertz CT molecular complexity index is 2850. The van der Waals surface area contributed by atoms with Gasteiger partial charge in [0.25, 0.3) is 0 Å². The average Bonchev–Trinajstić information content (AvgIpc) is 0.661. The van der Waals surface area contributed by atoms with Crippen molar-refractivity contribution in [2.24, 2.45) is 50.2 Å². The van der Waals surface area contributed by atoms with Gasteiger partial charge >= 0.3 is 11.9 Å². The molecular formula is C66H106O33. The molecule has 0 aromatic carbocycles. The highest BCUT2D eigenvalue weighted by Gasteiger charge is 2.77. The summed E-state index contributed by atoms with van der Waals surface area (Å²) >= 11 is 0. The Balaban J connectivity index is 0.984. The van der Waals surface area contributed by atoms with Crippen LogP contribution in [0.2, 0.25) is 0 Å². The molecule has 10 aliphatic rings. The molecule has 33 nitrogen and oxygen atoms in total. The van der Waals surface area contributed by atoms with Crippen molar-refractivity contribution in [3.8, 4) is 0 Å². The van der Waals surface area contributed by atoms with Gasteiger partial charge in [0.1, 0.15) is 122 Å². The Morgan fingerprint density at radius 1 is 0.545 bits per heavy atom. The summed E-state index contributed by atoms with van der Waals surface area (Å²) in [6.07, 6.45) is -46.9. The van der Waals surface area contributed by atoms with Crippen LogP contribution >= 0.6 is 0 Å². The molecule has 0 bridgehead atoms. The second kappa shape index (κ2) is 29.9. The Morgan fingerprint density at radius 3 is 1.58 bits per heavy atom. The van der Waals surface area contributed by atoms with Gasteiger partial charge in [0.05, 0.1) is 70.0 Å². The van der Waals surface area contributed by atoms with Crippen molar-refractivity contribution in [2.75, 3.05) is 46.2 Å². The predicted molar refractivity (Wildman–Crippen MR) is 329 cm³/mol. The normalized spacial score (nSPS) is 52.3. The lowest BCUT2D eigenvalue weighted by atomic mass is 9.32. The van der Waals surface area contributed by atoms with Crippen LogP contribution in [0.5, 0.6) is 0 Å². The van der Waals surface area contributed by atoms with Crippen molar-refractivity contribution >= 4 is 11.9 Å². The van der Waals surface area contributed by atoms with E-state index in [1.807, 2.05) is 20.8 Å². The van der Waals surface area contributed by atoms with Crippen molar-refractivity contribution in [2.45, 2.75) is 279 Å². The molecule has 9 fully saturated rings. The Morgan fingerprint density at radius 2 is 1.07 bits per heavy atom. The fraction of sp³-hybridized carbons (Fsp3) is 0.909. The number of carbonyl (C=O) groups excluding carboxylic acids is 2. The molecule has 0 spiro atoms. The second-order valence-electron chi connectivity index (χ2n) is 30.7. The maximum Gasteiger partial charge on any atom is 0.333 e. The summed E-state index contributed by atoms with van der Waals surface area (Å²) in [6, 6.07) is 0. The summed E-state index contributed by atoms with van der Waals surface area (Å²) in [5, 5.41) is 214. The third-order valence-corrected chi connectivity index (χ3v) is 25.0. The van der Waals surface area contributed by atoms with Crippen LogP contribution in [0.3, 0.4) is 0 Å². The number of esters is 2. The van der Waals surface area contributed by atoms with Crippen LogP contribution in [-0.2, 0) is 66.4 Å². The van der Waals surface area contributed by atoms with Crippen LogP contribution < -0.4 is 0 Å². The smallest absolute Gasteiger partial charge is 0.333 e. The number of fused-ring (bicyclic) bond motifs is 7. The highest BCUT2D eigenvalue weighted by molar-refractivity contribution is 5.87. The third kappa shape index (κ3) is 13.2. The number of aliphatic hydroxyl groups is 19. The minimum absolute atomic E-state index is 0.116. The van der Waals surface area contributed by atoms with Crippen LogP contribution in [0, 0.1) is 50.2 Å². The summed E-state index contributed by atoms with van der Waals surface area (Å²) in [5.41, 5.74) is -5.79. The first-order valence-corrected chi connectivity index (χ1v) is 34.2. The molecule has 568 valence electrons. The predicted octanol–water partition coefficient (Wildman–Crippen LogP) is -6.16. The van der Waals surface area contributed by atoms with Gasteiger partial charge in [-0.15, -0.1) is 0 Å². The maximum atomic E-state index is 13.5. The van der Waals surface area contributed by atoms with Gasteiger partial charge < -0.3 is 154 Å². The van der Waals surface area contributed by atoms with Gasteiger partial charge in [-0.3, -0.25) is 4.79 Å². The molecule has 5 heterocycles. The monoisotopic (exact) mass is 1430 g/mol. The standard InChI is InChI=1S/C66H106O33/c1-10-25(2)55(87)99-53-54(90-26(3)72)66(24-71)28(17-61(53,4)5)27-11-12-35-62(6)15-14-36(63(7,23-70)34(62)13-16-64(35,8)65(27,9)51(85)52(66)86)95-60-50(98-59-45(82)42(79)39(76)32(20-69)93-59)46(83)49(97-58-44(81)41(78)38(75)31(19-68)92-58)33(94-60)22-89-56-47(84)48(29(73)21-88-56)96-57-43(80)40(77)37(74)30(18-67)91-57/h10-11,28-54,56-60,67-71,73-86H,12-24H2,1-9H3/b25-10+/t28-,29-,30+,31+,32+,33+,34+,35+,36-,37+,38+,39+,40-,41-,42-,43+,44+,45+,46-,47+,48-,49+,50+,51-,52+,53-,54-,56-,57-,58-,59-,60-,62-,63-,64+,65-,66-/m0/s1. The molecule has 10 rings (SSSR count). The van der Waals surface area contributed by atoms with Gasteiger partial charge in [-0.05, 0) is 81.0 Å². The van der Waals surface area contributed by atoms with Gasteiger partial charge in [0, 0.05) is 28.7 Å². The fourth-order valence-electron chi connectivity index (χ4n) is 18.9. The third-order valence-electron chi connectivity index (χ3n) is 25.0. The van der Waals surface area contributed by atoms with Gasteiger partial charge in [0.15, 0.2) is 37.6 Å². The van der Waals surface area contributed by atoms with E-state index in [0.29, 0.717) is 25.7 Å². The Hall–Kier alpha value is -2.74. The number of allylic oxidation sites excluding steroid dienone is 2. The van der Waals surface area contributed by atoms with Crippen LogP contribution in [0.1, 0.15) is 101 Å². The average molecular weight is 1430 g/mol. The lowest BCUT2D eigenvalue weighted by Crippen LogP contribution is -2.76. The molecule has 33 heteroatoms. The SMILES string of the molecule is C/C=C(\C)C(=O)O[C@H]1[C@H](OC(C)=O)[C@]2(CO)[C@H](O)[C@H](O)[C@]3(C)C(=CC[C@@H]4[C@@]5(C)CC[C@H](O[C@@H]6O[C@H](CO[C@@H]7OC[C@H](O)[C@H](O[C@@H]8O[C@H](CO)[C@@H](O)[C@H](O)[C@H]8O)[C@H]7O)[C@@H](O[C@@H]7O[C@H](CO)[C@@H](O)[C@H](O)[C@H]7O)[C@H](O)[C@H]6O[C@@H]6O[C@H](CO)[C@@H](O)[C@H](O)[C@H]6O)[C@@](C)(CO)[C@@H]5CC[C@]43C)[C@@H]2CC1(C)C. The van der Waals surface area contributed by atoms with Crippen LogP contribution in [-0.4, -0.2) is 333 Å². The summed E-state index contributed by atoms with van der Waals surface area (Å²) < 4.78 is 73.0. The van der Waals surface area contributed by atoms with E-state index in [4.69, 9.17) is 56.8 Å². The van der Waals surface area contributed by atoms with Crippen molar-refractivity contribution < 1.29 is 163 Å². The number of hydrogen-bond donors (Lipinski definition) is 19. The van der Waals surface area contributed by atoms with Gasteiger partial charge in [0.2, 0.25) is 0 Å². The molecule has 0 aromatic rings. The number of ether oxygens (including phenoxy) is 12. The van der Waals surface area contributed by atoms with E-state index >= 15 is 0 Å². The van der Waals surface area contributed by atoms with Crippen molar-refractivity contribution in [3.63, 3.8) is 0 Å². The van der Waals surface area contributed by atoms with Crippen LogP contribution in [0.4, 0.5) is 0 Å². The highest BCUT2D eigenvalue weighted by atomic mass is 16.8. The lowest BCUT2D eigenvalue weighted by Gasteiger charge is -2.73. The van der Waals surface area contributed by atoms with E-state index in [-0.39, 0.29) is 24.3 Å². The van der Waals surface area contributed by atoms with E-state index in [9.17, 15) is 107 Å². The maximum absolute atomic E-state index is 13.5. The largest absolute Gasteiger partial charge is 0.458 e. The molecule has 0 radical (unpaired) electrons. The molecule has 5 aliphatic carbocycles. The van der Waals surface area contributed by atoms with Gasteiger partial charge in [-0.25, -0.2) is 4.79 Å². The van der Waals surface area contributed by atoms with E-state index in [1.54, 1.807) is 26.8 Å². The Kier molecular flexibility index (Phi) is 23.8. The summed E-state index contributed by atoms with van der Waals surface area (Å²) in [5.74, 6) is -2.95. The lowest BCUT2D eigenvalue weighted by molar-refractivity contribution is -0.400. The number of rotatable bonds is 19. The van der Waals surface area contributed by atoms with Crippen LogP contribution in [0.25, 0.3) is 0 Å². The topological polar surface area (TPSA) is 529 Å². The number of aliphatic hydroxyl groups excluding tert-OH is 19.